The minimum Gasteiger partial charge on any atom is -0.369 e. The summed E-state index contributed by atoms with van der Waals surface area (Å²) >= 11 is 0. The van der Waals surface area contributed by atoms with Gasteiger partial charge in [-0.05, 0) is 13.3 Å². The van der Waals surface area contributed by atoms with Gasteiger partial charge in [0, 0.05) is 5.71 Å². The lowest BCUT2D eigenvalue weighted by molar-refractivity contribution is 0.976. The van der Waals surface area contributed by atoms with Gasteiger partial charge in [-0.15, -0.1) is 5.10 Å². The Balaban J connectivity index is 3.79. The van der Waals surface area contributed by atoms with E-state index in [4.69, 9.17) is 11.5 Å². The molecule has 0 spiro atoms. The monoisotopic (exact) mass is 142 g/mol. The topological polar surface area (TPSA) is 76.8 Å². The predicted molar refractivity (Wildman–Crippen MR) is 43.8 cm³/mol. The normalized spacial score (nSPS) is 11.2. The summed E-state index contributed by atoms with van der Waals surface area (Å²) in [7, 11) is 0. The maximum Gasteiger partial charge on any atom is 0.211 e. The first kappa shape index (κ1) is 8.94. The molecule has 0 fully saturated rings. The molecule has 58 valence electrons. The lowest BCUT2D eigenvalue weighted by atomic mass is 10.2. The standard InChI is InChI=1S/C6H14N4/c1-3-4-5(2)9-10-6(7)8/h3-4H2,1-2H3,(H4,7,8,10). The number of nitrogens with zero attached hydrogens (tertiary/aromatic N) is 2. The van der Waals surface area contributed by atoms with Crippen molar-refractivity contribution in [3.8, 4) is 0 Å². The van der Waals surface area contributed by atoms with Gasteiger partial charge in [-0.3, -0.25) is 0 Å². The molecule has 0 saturated carbocycles. The zero-order valence-electron chi connectivity index (χ0n) is 6.46. The van der Waals surface area contributed by atoms with Crippen molar-refractivity contribution in [2.45, 2.75) is 26.7 Å². The Morgan fingerprint density at radius 3 is 2.30 bits per heavy atom. The summed E-state index contributed by atoms with van der Waals surface area (Å²) in [5.74, 6) is 0.00968. The van der Waals surface area contributed by atoms with Crippen LogP contribution in [0.3, 0.4) is 0 Å². The van der Waals surface area contributed by atoms with Crippen LogP contribution in [0.2, 0.25) is 0 Å². The van der Waals surface area contributed by atoms with E-state index in [2.05, 4.69) is 17.1 Å². The molecule has 4 heteroatoms. The van der Waals surface area contributed by atoms with Crippen molar-refractivity contribution < 1.29 is 0 Å². The third-order valence-electron chi connectivity index (χ3n) is 0.948. The lowest BCUT2D eigenvalue weighted by Crippen LogP contribution is -2.22. The van der Waals surface area contributed by atoms with Gasteiger partial charge in [-0.25, -0.2) is 0 Å². The average molecular weight is 142 g/mol. The van der Waals surface area contributed by atoms with Gasteiger partial charge in [0.2, 0.25) is 5.96 Å². The van der Waals surface area contributed by atoms with Crippen molar-refractivity contribution in [2.24, 2.45) is 21.7 Å². The maximum atomic E-state index is 5.06. The number of rotatable bonds is 3. The zero-order valence-corrected chi connectivity index (χ0v) is 6.46. The van der Waals surface area contributed by atoms with Gasteiger partial charge in [0.1, 0.15) is 0 Å². The molecule has 0 unspecified atom stereocenters. The molecule has 0 saturated heterocycles. The molecule has 0 aliphatic rings. The van der Waals surface area contributed by atoms with Crippen LogP contribution in [0, 0.1) is 0 Å². The Hall–Kier alpha value is -1.06. The van der Waals surface area contributed by atoms with Crippen molar-refractivity contribution in [3.05, 3.63) is 0 Å². The van der Waals surface area contributed by atoms with E-state index in [1.165, 1.54) is 0 Å². The fourth-order valence-corrected chi connectivity index (χ4v) is 0.555. The smallest absolute Gasteiger partial charge is 0.211 e. The zero-order chi connectivity index (χ0) is 7.98. The molecule has 0 amide bonds. The van der Waals surface area contributed by atoms with E-state index in [1.807, 2.05) is 6.92 Å². The number of nitrogens with two attached hydrogens (primary N) is 2. The van der Waals surface area contributed by atoms with Crippen molar-refractivity contribution in [2.75, 3.05) is 0 Å². The van der Waals surface area contributed by atoms with Crippen molar-refractivity contribution in [1.29, 1.82) is 0 Å². The second kappa shape index (κ2) is 4.78. The van der Waals surface area contributed by atoms with Crippen LogP contribution in [0.25, 0.3) is 0 Å². The highest BCUT2D eigenvalue weighted by Gasteiger charge is 1.86. The van der Waals surface area contributed by atoms with Crippen LogP contribution in [0.4, 0.5) is 0 Å². The Labute approximate surface area is 61.0 Å². The van der Waals surface area contributed by atoms with Crippen molar-refractivity contribution in [1.82, 2.24) is 0 Å². The van der Waals surface area contributed by atoms with Crippen LogP contribution >= 0.6 is 0 Å². The molecular formula is C6H14N4. The minimum atomic E-state index is 0.00968. The fourth-order valence-electron chi connectivity index (χ4n) is 0.555. The molecule has 0 bridgehead atoms. The summed E-state index contributed by atoms with van der Waals surface area (Å²) in [4.78, 5) is 0. The predicted octanol–water partition coefficient (Wildman–Crippen LogP) is 0.436. The second-order valence-electron chi connectivity index (χ2n) is 2.11. The van der Waals surface area contributed by atoms with E-state index >= 15 is 0 Å². The third kappa shape index (κ3) is 5.08. The minimum absolute atomic E-state index is 0.00968. The van der Waals surface area contributed by atoms with Crippen LogP contribution in [0.15, 0.2) is 10.2 Å². The SMILES string of the molecule is CCCC(C)=NN=C(N)N. The number of hydrogen-bond donors (Lipinski definition) is 2. The van der Waals surface area contributed by atoms with Crippen LogP contribution in [0.1, 0.15) is 26.7 Å². The summed E-state index contributed by atoms with van der Waals surface area (Å²) in [6.07, 6.45) is 2.01. The highest BCUT2D eigenvalue weighted by Crippen LogP contribution is 1.90. The molecule has 4 N–H and O–H groups in total. The van der Waals surface area contributed by atoms with Crippen LogP contribution < -0.4 is 11.5 Å². The van der Waals surface area contributed by atoms with Crippen molar-refractivity contribution >= 4 is 11.7 Å². The lowest BCUT2D eigenvalue weighted by Gasteiger charge is -1.91. The Kier molecular flexibility index (Phi) is 4.28. The summed E-state index contributed by atoms with van der Waals surface area (Å²) in [5.41, 5.74) is 11.1. The second-order valence-corrected chi connectivity index (χ2v) is 2.11. The maximum absolute atomic E-state index is 5.06. The number of guanidine groups is 1. The Morgan fingerprint density at radius 2 is 1.90 bits per heavy atom. The summed E-state index contributed by atoms with van der Waals surface area (Å²) in [5, 5.41) is 7.27. The first-order chi connectivity index (χ1) is 4.66. The average Bonchev–Trinajstić information content (AvgIpc) is 1.85. The van der Waals surface area contributed by atoms with Crippen LogP contribution in [0.5, 0.6) is 0 Å². The molecule has 0 rings (SSSR count). The molecule has 0 heterocycles. The van der Waals surface area contributed by atoms with E-state index < -0.39 is 0 Å². The molecule has 0 radical (unpaired) electrons. The molecule has 0 aromatic rings. The molecule has 0 atom stereocenters. The Morgan fingerprint density at radius 1 is 1.30 bits per heavy atom. The van der Waals surface area contributed by atoms with Gasteiger partial charge in [0.25, 0.3) is 0 Å². The van der Waals surface area contributed by atoms with Crippen LogP contribution in [-0.4, -0.2) is 11.7 Å². The summed E-state index contributed by atoms with van der Waals surface area (Å²) in [6.45, 7) is 3.98. The fraction of sp³-hybridized carbons (Fsp3) is 0.667. The molecule has 0 aliphatic heterocycles. The van der Waals surface area contributed by atoms with E-state index in [1.54, 1.807) is 0 Å². The van der Waals surface area contributed by atoms with Gasteiger partial charge >= 0.3 is 0 Å². The Bertz CT molecular complexity index is 144. The van der Waals surface area contributed by atoms with E-state index in [0.29, 0.717) is 0 Å². The van der Waals surface area contributed by atoms with E-state index in [0.717, 1.165) is 18.6 Å². The van der Waals surface area contributed by atoms with Crippen LogP contribution in [-0.2, 0) is 0 Å². The van der Waals surface area contributed by atoms with Gasteiger partial charge in [-0.1, -0.05) is 13.3 Å². The first-order valence-corrected chi connectivity index (χ1v) is 3.29. The van der Waals surface area contributed by atoms with Crippen molar-refractivity contribution in [3.63, 3.8) is 0 Å². The molecule has 0 aliphatic carbocycles. The first-order valence-electron chi connectivity index (χ1n) is 3.29. The van der Waals surface area contributed by atoms with Gasteiger partial charge < -0.3 is 11.5 Å². The largest absolute Gasteiger partial charge is 0.369 e. The highest BCUT2D eigenvalue weighted by molar-refractivity contribution is 5.83. The molecular weight excluding hydrogens is 128 g/mol. The molecule has 0 aromatic heterocycles. The van der Waals surface area contributed by atoms with E-state index in [9.17, 15) is 0 Å². The molecule has 10 heavy (non-hydrogen) atoms. The van der Waals surface area contributed by atoms with Gasteiger partial charge in [-0.2, -0.15) is 5.10 Å². The van der Waals surface area contributed by atoms with E-state index in [-0.39, 0.29) is 5.96 Å². The van der Waals surface area contributed by atoms with Gasteiger partial charge in [0.15, 0.2) is 0 Å². The molecule has 4 nitrogen and oxygen atoms in total. The summed E-state index contributed by atoms with van der Waals surface area (Å²) < 4.78 is 0. The third-order valence-corrected chi connectivity index (χ3v) is 0.948. The van der Waals surface area contributed by atoms with Gasteiger partial charge in [0.05, 0.1) is 0 Å². The highest BCUT2D eigenvalue weighted by atomic mass is 15.3. The number of hydrogen-bond acceptors (Lipinski definition) is 2. The quantitative estimate of drug-likeness (QED) is 0.340. The summed E-state index contributed by atoms with van der Waals surface area (Å²) in [6, 6.07) is 0. The molecule has 0 aromatic carbocycles.